The van der Waals surface area contributed by atoms with Crippen molar-refractivity contribution in [2.24, 2.45) is 5.41 Å². The van der Waals surface area contributed by atoms with E-state index in [0.29, 0.717) is 5.41 Å². The van der Waals surface area contributed by atoms with Crippen LogP contribution in [0.4, 0.5) is 0 Å². The summed E-state index contributed by atoms with van der Waals surface area (Å²) < 4.78 is 0. The van der Waals surface area contributed by atoms with Crippen LogP contribution in [0.2, 0.25) is 0 Å². The molecule has 112 valence electrons. The summed E-state index contributed by atoms with van der Waals surface area (Å²) in [5.74, 6) is 0. The van der Waals surface area contributed by atoms with E-state index in [2.05, 4.69) is 50.1 Å². The summed E-state index contributed by atoms with van der Waals surface area (Å²) in [6.07, 6.45) is 6.96. The van der Waals surface area contributed by atoms with Crippen molar-refractivity contribution in [3.8, 4) is 0 Å². The molecule has 0 radical (unpaired) electrons. The van der Waals surface area contributed by atoms with Crippen LogP contribution in [0.25, 0.3) is 0 Å². The van der Waals surface area contributed by atoms with E-state index in [1.54, 1.807) is 0 Å². The van der Waals surface area contributed by atoms with Crippen molar-refractivity contribution in [2.45, 2.75) is 64.1 Å². The molecular weight excluding hydrogens is 234 g/mol. The monoisotopic (exact) mass is 267 g/mol. The lowest BCUT2D eigenvalue weighted by atomic mass is 9.79. The van der Waals surface area contributed by atoms with Crippen molar-refractivity contribution < 1.29 is 0 Å². The van der Waals surface area contributed by atoms with Gasteiger partial charge in [-0.25, -0.2) is 0 Å². The van der Waals surface area contributed by atoms with Crippen molar-refractivity contribution in [3.05, 3.63) is 0 Å². The van der Waals surface area contributed by atoms with Crippen LogP contribution in [0.15, 0.2) is 0 Å². The lowest BCUT2D eigenvalue weighted by Gasteiger charge is -2.51. The Bertz CT molecular complexity index is 274. The van der Waals surface area contributed by atoms with Crippen LogP contribution in [0.5, 0.6) is 0 Å². The predicted octanol–water partition coefficient (Wildman–Crippen LogP) is 2.18. The molecule has 3 nitrogen and oxygen atoms in total. The Labute approximate surface area is 119 Å². The minimum atomic E-state index is 0.393. The summed E-state index contributed by atoms with van der Waals surface area (Å²) in [4.78, 5) is 5.18. The van der Waals surface area contributed by atoms with Gasteiger partial charge in [-0.3, -0.25) is 4.90 Å². The molecule has 0 saturated carbocycles. The van der Waals surface area contributed by atoms with E-state index in [1.165, 1.54) is 45.2 Å². The summed E-state index contributed by atoms with van der Waals surface area (Å²) in [7, 11) is 6.51. The maximum absolute atomic E-state index is 3.51. The third kappa shape index (κ3) is 3.93. The second-order valence-electron chi connectivity index (χ2n) is 7.77. The van der Waals surface area contributed by atoms with Gasteiger partial charge in [0, 0.05) is 31.2 Å². The maximum Gasteiger partial charge on any atom is 0.0113 e. The lowest BCUT2D eigenvalue weighted by molar-refractivity contribution is -0.00605. The first kappa shape index (κ1) is 15.3. The van der Waals surface area contributed by atoms with Gasteiger partial charge in [0.1, 0.15) is 0 Å². The standard InChI is InChI=1S/C16H33N3/c1-16(2,11-18(4)5)12-19-14-7-6-8-15(19)10-13(9-14)17-3/h13-15,17H,6-12H2,1-5H3. The molecule has 0 aromatic heterocycles. The van der Waals surface area contributed by atoms with Crippen LogP contribution in [-0.2, 0) is 0 Å². The topological polar surface area (TPSA) is 18.5 Å². The van der Waals surface area contributed by atoms with Crippen LogP contribution in [0, 0.1) is 5.41 Å². The quantitative estimate of drug-likeness (QED) is 0.824. The third-order valence-corrected chi connectivity index (χ3v) is 4.89. The second-order valence-corrected chi connectivity index (χ2v) is 7.77. The van der Waals surface area contributed by atoms with Crippen LogP contribution in [0.1, 0.15) is 46.0 Å². The summed E-state index contributed by atoms with van der Waals surface area (Å²) in [6, 6.07) is 2.40. The summed E-state index contributed by atoms with van der Waals surface area (Å²) in [5, 5.41) is 3.51. The Hall–Kier alpha value is -0.120. The van der Waals surface area contributed by atoms with Crippen LogP contribution < -0.4 is 5.32 Å². The lowest BCUT2D eigenvalue weighted by Crippen LogP contribution is -2.58. The first-order valence-electron chi connectivity index (χ1n) is 7.99. The molecule has 2 aliphatic heterocycles. The molecule has 0 spiro atoms. The minimum absolute atomic E-state index is 0.393. The van der Waals surface area contributed by atoms with Gasteiger partial charge in [0.2, 0.25) is 0 Å². The van der Waals surface area contributed by atoms with Gasteiger partial charge in [-0.05, 0) is 52.2 Å². The molecule has 2 unspecified atom stereocenters. The number of rotatable bonds is 5. The van der Waals surface area contributed by atoms with Gasteiger partial charge in [-0.2, -0.15) is 0 Å². The van der Waals surface area contributed by atoms with E-state index < -0.39 is 0 Å². The summed E-state index contributed by atoms with van der Waals surface area (Å²) >= 11 is 0. The highest BCUT2D eigenvalue weighted by Crippen LogP contribution is 2.36. The molecule has 2 bridgehead atoms. The summed E-state index contributed by atoms with van der Waals surface area (Å²) in [6.45, 7) is 7.29. The fraction of sp³-hybridized carbons (Fsp3) is 1.00. The molecule has 2 heterocycles. The number of nitrogens with one attached hydrogen (secondary N) is 1. The summed E-state index contributed by atoms with van der Waals surface area (Å²) in [5.41, 5.74) is 0.393. The van der Waals surface area contributed by atoms with E-state index >= 15 is 0 Å². The minimum Gasteiger partial charge on any atom is -0.317 e. The van der Waals surface area contributed by atoms with Crippen LogP contribution in [-0.4, -0.2) is 62.2 Å². The van der Waals surface area contributed by atoms with E-state index in [-0.39, 0.29) is 0 Å². The Morgan fingerprint density at radius 3 is 2.21 bits per heavy atom. The zero-order valence-electron chi connectivity index (χ0n) is 13.6. The highest BCUT2D eigenvalue weighted by molar-refractivity contribution is 4.96. The van der Waals surface area contributed by atoms with Gasteiger partial charge >= 0.3 is 0 Å². The molecule has 0 aliphatic carbocycles. The van der Waals surface area contributed by atoms with Crippen molar-refractivity contribution >= 4 is 0 Å². The Morgan fingerprint density at radius 2 is 1.74 bits per heavy atom. The van der Waals surface area contributed by atoms with Gasteiger partial charge in [0.15, 0.2) is 0 Å². The maximum atomic E-state index is 3.51. The number of hydrogen-bond donors (Lipinski definition) is 1. The first-order chi connectivity index (χ1) is 8.91. The van der Waals surface area contributed by atoms with E-state index in [0.717, 1.165) is 18.1 Å². The molecular formula is C16H33N3. The number of hydrogen-bond acceptors (Lipinski definition) is 3. The third-order valence-electron chi connectivity index (χ3n) is 4.89. The van der Waals surface area contributed by atoms with Crippen LogP contribution in [0.3, 0.4) is 0 Å². The zero-order valence-corrected chi connectivity index (χ0v) is 13.6. The van der Waals surface area contributed by atoms with Gasteiger partial charge in [-0.15, -0.1) is 0 Å². The number of nitrogens with zero attached hydrogens (tertiary/aromatic N) is 2. The molecule has 2 aliphatic rings. The molecule has 2 atom stereocenters. The molecule has 2 rings (SSSR count). The van der Waals surface area contributed by atoms with Crippen molar-refractivity contribution in [3.63, 3.8) is 0 Å². The molecule has 2 saturated heterocycles. The van der Waals surface area contributed by atoms with Gasteiger partial charge in [0.25, 0.3) is 0 Å². The zero-order chi connectivity index (χ0) is 14.0. The van der Waals surface area contributed by atoms with Gasteiger partial charge < -0.3 is 10.2 Å². The van der Waals surface area contributed by atoms with Crippen LogP contribution >= 0.6 is 0 Å². The fourth-order valence-electron chi connectivity index (χ4n) is 4.37. The number of fused-ring (bicyclic) bond motifs is 2. The van der Waals surface area contributed by atoms with E-state index in [4.69, 9.17) is 0 Å². The first-order valence-corrected chi connectivity index (χ1v) is 7.99. The normalized spacial score (nSPS) is 32.8. The highest BCUT2D eigenvalue weighted by Gasteiger charge is 2.39. The van der Waals surface area contributed by atoms with Gasteiger partial charge in [0.05, 0.1) is 0 Å². The average molecular weight is 267 g/mol. The molecule has 0 aromatic rings. The molecule has 19 heavy (non-hydrogen) atoms. The average Bonchev–Trinajstić information content (AvgIpc) is 2.25. The molecule has 2 fully saturated rings. The molecule has 1 N–H and O–H groups in total. The van der Waals surface area contributed by atoms with E-state index in [9.17, 15) is 0 Å². The van der Waals surface area contributed by atoms with Crippen molar-refractivity contribution in [2.75, 3.05) is 34.2 Å². The van der Waals surface area contributed by atoms with Gasteiger partial charge in [-0.1, -0.05) is 20.3 Å². The van der Waals surface area contributed by atoms with E-state index in [1.807, 2.05) is 0 Å². The van der Waals surface area contributed by atoms with Crippen molar-refractivity contribution in [1.82, 2.24) is 15.1 Å². The Balaban J connectivity index is 2.00. The fourth-order valence-corrected chi connectivity index (χ4v) is 4.37. The smallest absolute Gasteiger partial charge is 0.0113 e. The predicted molar refractivity (Wildman–Crippen MR) is 82.5 cm³/mol. The molecule has 0 amide bonds. The van der Waals surface area contributed by atoms with Crippen molar-refractivity contribution in [1.29, 1.82) is 0 Å². The highest BCUT2D eigenvalue weighted by atomic mass is 15.2. The number of piperidine rings is 2. The largest absolute Gasteiger partial charge is 0.317 e. The second kappa shape index (κ2) is 6.11. The SMILES string of the molecule is CNC1CC2CCCC(C1)N2CC(C)(C)CN(C)C. The Kier molecular flexibility index (Phi) is 4.91. The molecule has 0 aromatic carbocycles. The Morgan fingerprint density at radius 1 is 1.16 bits per heavy atom. The molecule has 3 heteroatoms.